The Morgan fingerprint density at radius 1 is 0.852 bits per heavy atom. The van der Waals surface area contributed by atoms with Crippen LogP contribution >= 0.6 is 0 Å². The van der Waals surface area contributed by atoms with Crippen molar-refractivity contribution in [3.63, 3.8) is 0 Å². The molecule has 0 saturated heterocycles. The second-order valence-corrected chi connectivity index (χ2v) is 14.4. The molecule has 0 heterocycles. The van der Waals surface area contributed by atoms with Crippen LogP contribution in [-0.2, 0) is 0 Å². The Hall–Kier alpha value is 0. The first-order valence-corrected chi connectivity index (χ1v) is 11.8. The van der Waals surface area contributed by atoms with Crippen molar-refractivity contribution < 1.29 is 0 Å². The van der Waals surface area contributed by atoms with Gasteiger partial charge < -0.3 is 0 Å². The summed E-state index contributed by atoms with van der Waals surface area (Å²) in [7, 11) is 0. The summed E-state index contributed by atoms with van der Waals surface area (Å²) in [5.41, 5.74) is 2.62. The van der Waals surface area contributed by atoms with Crippen LogP contribution in [0.5, 0.6) is 0 Å². The highest BCUT2D eigenvalue weighted by molar-refractivity contribution is 5.34. The van der Waals surface area contributed by atoms with Crippen molar-refractivity contribution in [3.05, 3.63) is 0 Å². The SMILES string of the molecule is CC(C)CC(C)(C)C(C)(C)C1C(C)(C)C2(C)C3CC1(C)C(C)(C3C)C2(C)C. The third-order valence-electron chi connectivity index (χ3n) is 12.8. The molecule has 4 aliphatic carbocycles. The van der Waals surface area contributed by atoms with Crippen LogP contribution in [0.1, 0.15) is 110 Å². The van der Waals surface area contributed by atoms with Crippen LogP contribution in [0.4, 0.5) is 0 Å². The number of hydrogen-bond donors (Lipinski definition) is 0. The first-order valence-electron chi connectivity index (χ1n) is 11.8. The normalized spacial score (nSPS) is 47.9. The van der Waals surface area contributed by atoms with Crippen molar-refractivity contribution in [3.8, 4) is 0 Å². The van der Waals surface area contributed by atoms with Gasteiger partial charge in [0.1, 0.15) is 0 Å². The predicted molar refractivity (Wildman–Crippen MR) is 120 cm³/mol. The molecule has 0 aromatic heterocycles. The zero-order valence-electron chi connectivity index (χ0n) is 21.2. The van der Waals surface area contributed by atoms with Crippen molar-refractivity contribution in [1.82, 2.24) is 0 Å². The van der Waals surface area contributed by atoms with E-state index in [-0.39, 0.29) is 0 Å². The zero-order chi connectivity index (χ0) is 21.2. The monoisotopic (exact) mass is 374 g/mol. The Morgan fingerprint density at radius 2 is 1.33 bits per heavy atom. The summed E-state index contributed by atoms with van der Waals surface area (Å²) in [5.74, 6) is 3.20. The zero-order valence-corrected chi connectivity index (χ0v) is 21.2. The van der Waals surface area contributed by atoms with Crippen LogP contribution in [0.2, 0.25) is 0 Å². The molecule has 4 aliphatic rings. The van der Waals surface area contributed by atoms with E-state index >= 15 is 0 Å². The Balaban J connectivity index is 2.26. The Labute approximate surface area is 171 Å². The molecule has 4 rings (SSSR count). The lowest BCUT2D eigenvalue weighted by molar-refractivity contribution is -0.307. The fourth-order valence-electron chi connectivity index (χ4n) is 10.9. The third-order valence-corrected chi connectivity index (χ3v) is 12.8. The molecule has 0 aliphatic heterocycles. The van der Waals surface area contributed by atoms with Crippen molar-refractivity contribution >= 4 is 0 Å². The van der Waals surface area contributed by atoms with E-state index in [1.54, 1.807) is 0 Å². The van der Waals surface area contributed by atoms with Crippen molar-refractivity contribution in [2.45, 2.75) is 110 Å². The molecule has 4 saturated carbocycles. The molecule has 0 N–H and O–H groups in total. The van der Waals surface area contributed by atoms with Crippen LogP contribution in [0, 0.1) is 61.6 Å². The maximum absolute atomic E-state index is 2.71. The van der Waals surface area contributed by atoms with Gasteiger partial charge in [-0.3, -0.25) is 0 Å². The molecule has 0 spiro atoms. The molecule has 0 aromatic carbocycles. The van der Waals surface area contributed by atoms with Gasteiger partial charge in [0.25, 0.3) is 0 Å². The van der Waals surface area contributed by atoms with Gasteiger partial charge in [0, 0.05) is 0 Å². The molecule has 4 bridgehead atoms. The second-order valence-electron chi connectivity index (χ2n) is 14.4. The van der Waals surface area contributed by atoms with E-state index in [4.69, 9.17) is 0 Å². The highest BCUT2D eigenvalue weighted by Crippen LogP contribution is 2.92. The van der Waals surface area contributed by atoms with E-state index in [1.165, 1.54) is 12.8 Å². The van der Waals surface area contributed by atoms with Crippen LogP contribution < -0.4 is 0 Å². The molecule has 0 aromatic rings. The molecule has 6 unspecified atom stereocenters. The van der Waals surface area contributed by atoms with Crippen molar-refractivity contribution in [2.75, 3.05) is 0 Å². The third kappa shape index (κ3) is 1.89. The van der Waals surface area contributed by atoms with Gasteiger partial charge in [-0.15, -0.1) is 0 Å². The van der Waals surface area contributed by atoms with Gasteiger partial charge in [-0.25, -0.2) is 0 Å². The van der Waals surface area contributed by atoms with E-state index in [1.807, 2.05) is 0 Å². The molecule has 0 nitrogen and oxygen atoms in total. The molecule has 6 atom stereocenters. The Morgan fingerprint density at radius 3 is 1.74 bits per heavy atom. The predicted octanol–water partition coefficient (Wildman–Crippen LogP) is 8.46. The molecule has 27 heavy (non-hydrogen) atoms. The van der Waals surface area contributed by atoms with E-state index in [9.17, 15) is 0 Å². The number of rotatable bonds is 4. The fraction of sp³-hybridized carbons (Fsp3) is 1.00. The van der Waals surface area contributed by atoms with Gasteiger partial charge in [-0.1, -0.05) is 96.9 Å². The summed E-state index contributed by atoms with van der Waals surface area (Å²) in [4.78, 5) is 0. The molecule has 0 heteroatoms. The largest absolute Gasteiger partial charge is 0.0628 e. The van der Waals surface area contributed by atoms with E-state index < -0.39 is 0 Å². The van der Waals surface area contributed by atoms with Crippen LogP contribution in [-0.4, -0.2) is 0 Å². The molecular formula is C27H50. The average Bonchev–Trinajstić information content (AvgIpc) is 2.70. The van der Waals surface area contributed by atoms with Crippen LogP contribution in [0.3, 0.4) is 0 Å². The molecular weight excluding hydrogens is 324 g/mol. The van der Waals surface area contributed by atoms with Crippen LogP contribution in [0.15, 0.2) is 0 Å². The lowest BCUT2D eigenvalue weighted by Gasteiger charge is -2.78. The summed E-state index contributed by atoms with van der Waals surface area (Å²) >= 11 is 0. The van der Waals surface area contributed by atoms with E-state index in [0.717, 1.165) is 23.7 Å². The summed E-state index contributed by atoms with van der Waals surface area (Å²) in [6, 6.07) is 0. The fourth-order valence-corrected chi connectivity index (χ4v) is 10.9. The standard InChI is InChI=1S/C27H50/c1-17(2)15-21(4,5)22(6,7)20-23(8,9)27(14)19-16-25(20,12)26(13,18(19)3)24(27,10)11/h17-20H,15-16H2,1-14H3. The maximum Gasteiger partial charge on any atom is -0.0184 e. The quantitative estimate of drug-likeness (QED) is 0.463. The topological polar surface area (TPSA) is 0 Å². The number of hydrogen-bond acceptors (Lipinski definition) is 0. The Bertz CT molecular complexity index is 632. The summed E-state index contributed by atoms with van der Waals surface area (Å²) in [5, 5.41) is 0. The smallest absolute Gasteiger partial charge is 0.0184 e. The average molecular weight is 375 g/mol. The van der Waals surface area contributed by atoms with E-state index in [0.29, 0.717) is 37.9 Å². The summed E-state index contributed by atoms with van der Waals surface area (Å²) in [6.07, 6.45) is 2.76. The van der Waals surface area contributed by atoms with Gasteiger partial charge in [0.2, 0.25) is 0 Å². The maximum atomic E-state index is 2.71. The minimum absolute atomic E-state index is 0.309. The van der Waals surface area contributed by atoms with Gasteiger partial charge in [0.15, 0.2) is 0 Å². The lowest BCUT2D eigenvalue weighted by Crippen LogP contribution is -2.73. The first-order chi connectivity index (χ1) is 11.8. The summed E-state index contributed by atoms with van der Waals surface area (Å²) in [6.45, 7) is 36.5. The van der Waals surface area contributed by atoms with Gasteiger partial charge in [-0.05, 0) is 74.4 Å². The molecule has 0 amide bonds. The van der Waals surface area contributed by atoms with Crippen LogP contribution in [0.25, 0.3) is 0 Å². The number of fused-ring (bicyclic) bond motifs is 1. The Kier molecular flexibility index (Phi) is 4.17. The molecule has 158 valence electrons. The molecule has 4 fully saturated rings. The van der Waals surface area contributed by atoms with Crippen molar-refractivity contribution in [1.29, 1.82) is 0 Å². The lowest BCUT2D eigenvalue weighted by atomic mass is 9.26. The van der Waals surface area contributed by atoms with Crippen molar-refractivity contribution in [2.24, 2.45) is 61.6 Å². The highest BCUT2D eigenvalue weighted by atomic mass is 14.9. The van der Waals surface area contributed by atoms with Gasteiger partial charge in [-0.2, -0.15) is 0 Å². The highest BCUT2D eigenvalue weighted by Gasteiger charge is 2.87. The molecule has 0 radical (unpaired) electrons. The minimum atomic E-state index is 0.309. The summed E-state index contributed by atoms with van der Waals surface area (Å²) < 4.78 is 0. The first kappa shape index (κ1) is 21.7. The van der Waals surface area contributed by atoms with E-state index in [2.05, 4.69) is 96.9 Å². The van der Waals surface area contributed by atoms with Gasteiger partial charge in [0.05, 0.1) is 0 Å². The van der Waals surface area contributed by atoms with Gasteiger partial charge >= 0.3 is 0 Å². The second kappa shape index (κ2) is 5.18. The minimum Gasteiger partial charge on any atom is -0.0628 e.